The van der Waals surface area contributed by atoms with Gasteiger partial charge in [-0.25, -0.2) is 4.79 Å². The van der Waals surface area contributed by atoms with Crippen molar-refractivity contribution in [2.75, 3.05) is 6.61 Å². The van der Waals surface area contributed by atoms with E-state index in [0.29, 0.717) is 28.7 Å². The van der Waals surface area contributed by atoms with Crippen LogP contribution < -0.4 is 5.63 Å². The Bertz CT molecular complexity index is 804. The minimum atomic E-state index is -0.459. The summed E-state index contributed by atoms with van der Waals surface area (Å²) in [5.74, 6) is -0.237. The third-order valence-electron chi connectivity index (χ3n) is 4.37. The predicted octanol–water partition coefficient (Wildman–Crippen LogP) is 4.04. The number of carbonyl (C=O) groups excluding carboxylic acids is 1. The second kappa shape index (κ2) is 8.70. The molecule has 1 aromatic carbocycles. The molecule has 2 aromatic rings. The summed E-state index contributed by atoms with van der Waals surface area (Å²) < 4.78 is 10.3. The molecule has 0 amide bonds. The Morgan fingerprint density at radius 2 is 1.96 bits per heavy atom. The van der Waals surface area contributed by atoms with Crippen LogP contribution in [0.1, 0.15) is 56.2 Å². The van der Waals surface area contributed by atoms with Crippen molar-refractivity contribution < 1.29 is 19.1 Å². The first-order valence-corrected chi connectivity index (χ1v) is 8.91. The third-order valence-corrected chi connectivity index (χ3v) is 4.37. The average molecular weight is 346 g/mol. The number of benzene rings is 1. The quantitative estimate of drug-likeness (QED) is 0.443. The van der Waals surface area contributed by atoms with Gasteiger partial charge >= 0.3 is 11.6 Å². The second-order valence-electron chi connectivity index (χ2n) is 6.24. The third kappa shape index (κ3) is 4.62. The number of ether oxygens (including phenoxy) is 1. The van der Waals surface area contributed by atoms with Gasteiger partial charge in [-0.3, -0.25) is 4.79 Å². The van der Waals surface area contributed by atoms with E-state index in [1.165, 1.54) is 0 Å². The number of aromatic hydroxyl groups is 1. The maximum absolute atomic E-state index is 12.3. The molecule has 25 heavy (non-hydrogen) atoms. The molecule has 1 heterocycles. The van der Waals surface area contributed by atoms with E-state index < -0.39 is 5.63 Å². The topological polar surface area (TPSA) is 76.7 Å². The lowest BCUT2D eigenvalue weighted by Gasteiger charge is -2.11. The maximum Gasteiger partial charge on any atom is 0.339 e. The Morgan fingerprint density at radius 1 is 1.20 bits per heavy atom. The van der Waals surface area contributed by atoms with Crippen molar-refractivity contribution in [2.45, 2.75) is 59.3 Å². The van der Waals surface area contributed by atoms with Crippen molar-refractivity contribution in [1.82, 2.24) is 0 Å². The van der Waals surface area contributed by atoms with Gasteiger partial charge in [-0.1, -0.05) is 19.8 Å². The largest absolute Gasteiger partial charge is 0.507 e. The molecule has 0 unspecified atom stereocenters. The summed E-state index contributed by atoms with van der Waals surface area (Å²) in [4.78, 5) is 23.8. The molecule has 2 rings (SSSR count). The van der Waals surface area contributed by atoms with E-state index >= 15 is 0 Å². The second-order valence-corrected chi connectivity index (χ2v) is 6.24. The van der Waals surface area contributed by atoms with E-state index in [4.69, 9.17) is 9.15 Å². The molecule has 0 spiro atoms. The first-order valence-electron chi connectivity index (χ1n) is 8.91. The summed E-state index contributed by atoms with van der Waals surface area (Å²) in [5, 5.41) is 11.0. The fraction of sp³-hybridized carbons (Fsp3) is 0.500. The van der Waals surface area contributed by atoms with E-state index in [1.54, 1.807) is 19.9 Å². The Morgan fingerprint density at radius 3 is 2.64 bits per heavy atom. The molecule has 1 aromatic heterocycles. The zero-order valence-corrected chi connectivity index (χ0v) is 15.2. The van der Waals surface area contributed by atoms with Crippen LogP contribution in [0.3, 0.4) is 0 Å². The normalized spacial score (nSPS) is 11.0. The molecule has 0 saturated heterocycles. The fourth-order valence-electron chi connectivity index (χ4n) is 3.05. The summed E-state index contributed by atoms with van der Waals surface area (Å²) in [6.45, 7) is 5.96. The molecule has 0 saturated carbocycles. The van der Waals surface area contributed by atoms with Crippen LogP contribution in [0.15, 0.2) is 21.3 Å². The van der Waals surface area contributed by atoms with Gasteiger partial charge < -0.3 is 14.3 Å². The maximum atomic E-state index is 12.3. The molecule has 1 N–H and O–H groups in total. The first kappa shape index (κ1) is 19.0. The average Bonchev–Trinajstić information content (AvgIpc) is 2.54. The van der Waals surface area contributed by atoms with Gasteiger partial charge in [0.2, 0.25) is 0 Å². The number of fused-ring (bicyclic) bond motifs is 1. The molecule has 0 aliphatic heterocycles. The highest BCUT2D eigenvalue weighted by atomic mass is 16.5. The summed E-state index contributed by atoms with van der Waals surface area (Å²) in [6.07, 6.45) is 4.46. The van der Waals surface area contributed by atoms with Gasteiger partial charge in [0, 0.05) is 12.0 Å². The van der Waals surface area contributed by atoms with Gasteiger partial charge in [-0.2, -0.15) is 0 Å². The van der Waals surface area contributed by atoms with Crippen LogP contribution in [0.25, 0.3) is 11.0 Å². The van der Waals surface area contributed by atoms with Gasteiger partial charge in [-0.15, -0.1) is 0 Å². The van der Waals surface area contributed by atoms with E-state index in [0.717, 1.165) is 31.2 Å². The van der Waals surface area contributed by atoms with Crippen LogP contribution in [0.2, 0.25) is 0 Å². The van der Waals surface area contributed by atoms with Crippen molar-refractivity contribution in [3.8, 4) is 5.75 Å². The molecule has 0 fully saturated rings. The van der Waals surface area contributed by atoms with Gasteiger partial charge in [0.25, 0.3) is 0 Å². The standard InChI is InChI=1S/C20H26O5/c1-4-6-7-8-14-11-16(21)19-13(3)15(9-10-18(22)24-5-2)20(23)25-17(19)12-14/h11-12,21H,4-10H2,1-3H3. The van der Waals surface area contributed by atoms with E-state index in [-0.39, 0.29) is 24.6 Å². The lowest BCUT2D eigenvalue weighted by Crippen LogP contribution is -2.14. The molecule has 5 heteroatoms. The number of unbranched alkanes of at least 4 members (excludes halogenated alkanes) is 2. The van der Waals surface area contributed by atoms with Crippen LogP contribution >= 0.6 is 0 Å². The smallest absolute Gasteiger partial charge is 0.339 e. The molecule has 0 bridgehead atoms. The van der Waals surface area contributed by atoms with Crippen molar-refractivity contribution in [1.29, 1.82) is 0 Å². The number of hydrogen-bond acceptors (Lipinski definition) is 5. The highest BCUT2D eigenvalue weighted by Gasteiger charge is 2.16. The van der Waals surface area contributed by atoms with E-state index in [2.05, 4.69) is 6.92 Å². The van der Waals surface area contributed by atoms with Gasteiger partial charge in [0.15, 0.2) is 0 Å². The number of carbonyl (C=O) groups is 1. The molecular weight excluding hydrogens is 320 g/mol. The zero-order chi connectivity index (χ0) is 18.4. The molecule has 136 valence electrons. The summed E-state index contributed by atoms with van der Waals surface area (Å²) in [5.41, 5.74) is 1.97. The van der Waals surface area contributed by atoms with Gasteiger partial charge in [0.1, 0.15) is 11.3 Å². The number of aryl methyl sites for hydroxylation is 2. The highest BCUT2D eigenvalue weighted by molar-refractivity contribution is 5.88. The monoisotopic (exact) mass is 346 g/mol. The SMILES string of the molecule is CCCCCc1cc(O)c2c(C)c(CCC(=O)OCC)c(=O)oc2c1. The van der Waals surface area contributed by atoms with Crippen molar-refractivity contribution >= 4 is 16.9 Å². The Kier molecular flexibility index (Phi) is 6.62. The van der Waals surface area contributed by atoms with E-state index in [1.807, 2.05) is 6.07 Å². The first-order chi connectivity index (χ1) is 12.0. The molecular formula is C20H26O5. The minimum absolute atomic E-state index is 0.112. The minimum Gasteiger partial charge on any atom is -0.507 e. The van der Waals surface area contributed by atoms with Crippen LogP contribution in [0.5, 0.6) is 5.75 Å². The van der Waals surface area contributed by atoms with Crippen LogP contribution in [-0.4, -0.2) is 17.7 Å². The number of hydrogen-bond donors (Lipinski definition) is 1. The fourth-order valence-corrected chi connectivity index (χ4v) is 3.05. The summed E-state index contributed by atoms with van der Waals surface area (Å²) in [7, 11) is 0. The van der Waals surface area contributed by atoms with E-state index in [9.17, 15) is 14.7 Å². The molecule has 0 aliphatic rings. The number of phenols is 1. The predicted molar refractivity (Wildman–Crippen MR) is 97.1 cm³/mol. The molecule has 0 atom stereocenters. The zero-order valence-electron chi connectivity index (χ0n) is 15.2. The number of esters is 1. The highest BCUT2D eigenvalue weighted by Crippen LogP contribution is 2.31. The number of rotatable bonds is 8. The van der Waals surface area contributed by atoms with Crippen LogP contribution in [0, 0.1) is 6.92 Å². The lowest BCUT2D eigenvalue weighted by atomic mass is 9.99. The Balaban J connectivity index is 2.34. The van der Waals surface area contributed by atoms with Crippen LogP contribution in [0.4, 0.5) is 0 Å². The van der Waals surface area contributed by atoms with Gasteiger partial charge in [0.05, 0.1) is 12.0 Å². The van der Waals surface area contributed by atoms with Crippen molar-refractivity contribution in [3.05, 3.63) is 39.2 Å². The Hall–Kier alpha value is -2.30. The Labute approximate surface area is 147 Å². The summed E-state index contributed by atoms with van der Waals surface area (Å²) >= 11 is 0. The number of phenolic OH excluding ortho intramolecular Hbond substituents is 1. The van der Waals surface area contributed by atoms with Crippen molar-refractivity contribution in [2.24, 2.45) is 0 Å². The molecule has 5 nitrogen and oxygen atoms in total. The lowest BCUT2D eigenvalue weighted by molar-refractivity contribution is -0.143. The summed E-state index contributed by atoms with van der Waals surface area (Å²) in [6, 6.07) is 3.56. The van der Waals surface area contributed by atoms with Crippen LogP contribution in [-0.2, 0) is 22.4 Å². The van der Waals surface area contributed by atoms with Gasteiger partial charge in [-0.05, 0) is 56.4 Å². The molecule has 0 aliphatic carbocycles. The molecule has 0 radical (unpaired) electrons. The van der Waals surface area contributed by atoms with Crippen molar-refractivity contribution in [3.63, 3.8) is 0 Å².